The Morgan fingerprint density at radius 3 is 2.85 bits per heavy atom. The summed E-state index contributed by atoms with van der Waals surface area (Å²) in [4.78, 5) is 0.918. The maximum absolute atomic E-state index is 10.2. The topological polar surface area (TPSA) is 20.2 Å². The molecule has 1 heterocycles. The van der Waals surface area contributed by atoms with Crippen LogP contribution in [0, 0.1) is 5.92 Å². The number of hydrogen-bond donors (Lipinski definition) is 1. The molecule has 0 radical (unpaired) electrons. The van der Waals surface area contributed by atoms with E-state index in [4.69, 9.17) is 11.6 Å². The molecule has 0 saturated heterocycles. The highest BCUT2D eigenvalue weighted by molar-refractivity contribution is 7.10. The van der Waals surface area contributed by atoms with Gasteiger partial charge < -0.3 is 5.11 Å². The molecule has 0 amide bonds. The zero-order valence-electron chi connectivity index (χ0n) is 7.59. The van der Waals surface area contributed by atoms with Gasteiger partial charge in [0.1, 0.15) is 0 Å². The van der Waals surface area contributed by atoms with Gasteiger partial charge in [0.2, 0.25) is 0 Å². The van der Waals surface area contributed by atoms with Gasteiger partial charge in [-0.3, -0.25) is 0 Å². The molecule has 1 nitrogen and oxygen atoms in total. The molecule has 0 spiro atoms. The third-order valence-corrected chi connectivity index (χ3v) is 4.08. The summed E-state index contributed by atoms with van der Waals surface area (Å²) < 4.78 is 0. The number of thiophene rings is 1. The molecule has 1 aliphatic rings. The highest BCUT2D eigenvalue weighted by Crippen LogP contribution is 2.43. The largest absolute Gasteiger partial charge is 0.385 e. The summed E-state index contributed by atoms with van der Waals surface area (Å²) >= 11 is 7.52. The van der Waals surface area contributed by atoms with Crippen molar-refractivity contribution in [1.29, 1.82) is 0 Å². The van der Waals surface area contributed by atoms with E-state index in [2.05, 4.69) is 0 Å². The van der Waals surface area contributed by atoms with Crippen molar-refractivity contribution in [3.63, 3.8) is 0 Å². The van der Waals surface area contributed by atoms with E-state index >= 15 is 0 Å². The van der Waals surface area contributed by atoms with Crippen LogP contribution < -0.4 is 0 Å². The fourth-order valence-corrected chi connectivity index (χ4v) is 2.99. The predicted molar refractivity (Wildman–Crippen MR) is 56.2 cm³/mol. The molecular weight excluding hydrogens is 204 g/mol. The van der Waals surface area contributed by atoms with Crippen LogP contribution in [0.5, 0.6) is 0 Å². The van der Waals surface area contributed by atoms with Gasteiger partial charge in [-0.25, -0.2) is 0 Å². The van der Waals surface area contributed by atoms with Crippen molar-refractivity contribution < 1.29 is 5.11 Å². The number of rotatable bonds is 3. The van der Waals surface area contributed by atoms with E-state index in [0.29, 0.717) is 10.9 Å². The number of hydrogen-bond acceptors (Lipinski definition) is 2. The fourth-order valence-electron chi connectivity index (χ4n) is 1.65. The van der Waals surface area contributed by atoms with E-state index in [1.165, 1.54) is 12.8 Å². The Hall–Kier alpha value is -0.0500. The van der Waals surface area contributed by atoms with Gasteiger partial charge in [0.05, 0.1) is 15.5 Å². The standard InChI is InChI=1S/C10H13ClOS/c1-10(12,6-7-2-3-7)9-8(11)4-5-13-9/h4-5,7,12H,2-3,6H2,1H3. The van der Waals surface area contributed by atoms with E-state index in [1.54, 1.807) is 11.3 Å². The molecule has 3 heteroatoms. The smallest absolute Gasteiger partial charge is 0.0977 e. The first-order valence-corrected chi connectivity index (χ1v) is 5.81. The van der Waals surface area contributed by atoms with Gasteiger partial charge in [-0.2, -0.15) is 0 Å². The average Bonchev–Trinajstić information content (AvgIpc) is 2.69. The van der Waals surface area contributed by atoms with Crippen LogP contribution in [-0.4, -0.2) is 5.11 Å². The normalized spacial score (nSPS) is 21.5. The minimum atomic E-state index is -0.716. The second-order valence-corrected chi connectivity index (χ2v) is 5.34. The minimum absolute atomic E-state index is 0.704. The van der Waals surface area contributed by atoms with Gasteiger partial charge >= 0.3 is 0 Å². The molecule has 1 aromatic rings. The molecule has 0 bridgehead atoms. The molecule has 72 valence electrons. The van der Waals surface area contributed by atoms with Gasteiger partial charge in [-0.15, -0.1) is 11.3 Å². The summed E-state index contributed by atoms with van der Waals surface area (Å²) in [6.45, 7) is 1.86. The Bertz CT molecular complexity index is 302. The average molecular weight is 217 g/mol. The minimum Gasteiger partial charge on any atom is -0.385 e. The van der Waals surface area contributed by atoms with Crippen molar-refractivity contribution >= 4 is 22.9 Å². The molecular formula is C10H13ClOS. The van der Waals surface area contributed by atoms with Gasteiger partial charge in [0.25, 0.3) is 0 Å². The summed E-state index contributed by atoms with van der Waals surface area (Å²) in [6.07, 6.45) is 3.38. The molecule has 2 rings (SSSR count). The molecule has 1 saturated carbocycles. The van der Waals surface area contributed by atoms with Crippen LogP contribution in [0.25, 0.3) is 0 Å². The first-order valence-electron chi connectivity index (χ1n) is 4.55. The summed E-state index contributed by atoms with van der Waals surface area (Å²) in [5.74, 6) is 0.716. The van der Waals surface area contributed by atoms with Gasteiger partial charge in [-0.05, 0) is 30.7 Å². The molecule has 13 heavy (non-hydrogen) atoms. The van der Waals surface area contributed by atoms with Crippen molar-refractivity contribution in [2.45, 2.75) is 31.8 Å². The van der Waals surface area contributed by atoms with Crippen LogP contribution in [0.1, 0.15) is 31.1 Å². The van der Waals surface area contributed by atoms with Gasteiger partial charge in [0.15, 0.2) is 0 Å². The van der Waals surface area contributed by atoms with Crippen LogP contribution in [-0.2, 0) is 5.60 Å². The summed E-state index contributed by atoms with van der Waals surface area (Å²) in [7, 11) is 0. The second-order valence-electron chi connectivity index (χ2n) is 4.02. The van der Waals surface area contributed by atoms with E-state index in [1.807, 2.05) is 18.4 Å². The van der Waals surface area contributed by atoms with Crippen LogP contribution in [0.15, 0.2) is 11.4 Å². The molecule has 1 atom stereocenters. The SMILES string of the molecule is CC(O)(CC1CC1)c1sccc1Cl. The molecule has 1 aliphatic carbocycles. The Morgan fingerprint density at radius 1 is 1.69 bits per heavy atom. The van der Waals surface area contributed by atoms with Crippen LogP contribution in [0.3, 0.4) is 0 Å². The molecule has 1 aromatic heterocycles. The number of halogens is 1. The van der Waals surface area contributed by atoms with Crippen LogP contribution >= 0.6 is 22.9 Å². The molecule has 1 fully saturated rings. The van der Waals surface area contributed by atoms with Crippen molar-refractivity contribution in [3.8, 4) is 0 Å². The number of aliphatic hydroxyl groups is 1. The lowest BCUT2D eigenvalue weighted by Crippen LogP contribution is -2.20. The first kappa shape index (κ1) is 9.50. The third kappa shape index (κ3) is 2.06. The van der Waals surface area contributed by atoms with Crippen molar-refractivity contribution in [2.24, 2.45) is 5.92 Å². The Balaban J connectivity index is 2.17. The van der Waals surface area contributed by atoms with Crippen molar-refractivity contribution in [2.75, 3.05) is 0 Å². The van der Waals surface area contributed by atoms with Crippen molar-refractivity contribution in [1.82, 2.24) is 0 Å². The summed E-state index contributed by atoms with van der Waals surface area (Å²) in [5.41, 5.74) is -0.716. The van der Waals surface area contributed by atoms with E-state index < -0.39 is 5.60 Å². The lowest BCUT2D eigenvalue weighted by atomic mass is 9.97. The maximum atomic E-state index is 10.2. The van der Waals surface area contributed by atoms with E-state index in [-0.39, 0.29) is 0 Å². The van der Waals surface area contributed by atoms with E-state index in [9.17, 15) is 5.11 Å². The zero-order chi connectivity index (χ0) is 9.47. The summed E-state index contributed by atoms with van der Waals surface area (Å²) in [6, 6.07) is 1.85. The Morgan fingerprint density at radius 2 is 2.38 bits per heavy atom. The fraction of sp³-hybridized carbons (Fsp3) is 0.600. The molecule has 0 aliphatic heterocycles. The third-order valence-electron chi connectivity index (χ3n) is 2.49. The zero-order valence-corrected chi connectivity index (χ0v) is 9.16. The Labute approximate surface area is 87.4 Å². The first-order chi connectivity index (χ1) is 6.09. The van der Waals surface area contributed by atoms with Gasteiger partial charge in [0, 0.05) is 0 Å². The summed E-state index contributed by atoms with van der Waals surface area (Å²) in [5, 5.41) is 12.8. The van der Waals surface area contributed by atoms with Crippen LogP contribution in [0.2, 0.25) is 5.02 Å². The lowest BCUT2D eigenvalue weighted by Gasteiger charge is -2.22. The van der Waals surface area contributed by atoms with Crippen molar-refractivity contribution in [3.05, 3.63) is 21.3 Å². The molecule has 1 N–H and O–H groups in total. The lowest BCUT2D eigenvalue weighted by molar-refractivity contribution is 0.0456. The quantitative estimate of drug-likeness (QED) is 0.821. The molecule has 1 unspecified atom stereocenters. The Kier molecular flexibility index (Phi) is 2.39. The highest BCUT2D eigenvalue weighted by atomic mass is 35.5. The predicted octanol–water partition coefficient (Wildman–Crippen LogP) is 3.41. The van der Waals surface area contributed by atoms with Crippen LogP contribution in [0.4, 0.5) is 0 Å². The monoisotopic (exact) mass is 216 g/mol. The van der Waals surface area contributed by atoms with Gasteiger partial charge in [-0.1, -0.05) is 24.4 Å². The highest BCUT2D eigenvalue weighted by Gasteiger charge is 2.34. The maximum Gasteiger partial charge on any atom is 0.0977 e. The second kappa shape index (κ2) is 3.26. The molecule has 0 aromatic carbocycles. The van der Waals surface area contributed by atoms with E-state index in [0.717, 1.165) is 11.3 Å².